The summed E-state index contributed by atoms with van der Waals surface area (Å²) >= 11 is 0. The Morgan fingerprint density at radius 1 is 1.50 bits per heavy atom. The minimum absolute atomic E-state index is 0.414. The van der Waals surface area contributed by atoms with Crippen molar-refractivity contribution in [1.29, 1.82) is 0 Å². The van der Waals surface area contributed by atoms with Gasteiger partial charge in [0, 0.05) is 6.42 Å². The summed E-state index contributed by atoms with van der Waals surface area (Å²) in [6.07, 6.45) is 8.61. The molecule has 0 N–H and O–H groups in total. The summed E-state index contributed by atoms with van der Waals surface area (Å²) in [5, 5.41) is 0. The quantitative estimate of drug-likeness (QED) is 0.594. The van der Waals surface area contributed by atoms with Crippen LogP contribution in [-0.2, 0) is 4.74 Å². The van der Waals surface area contributed by atoms with Crippen molar-refractivity contribution in [3.8, 4) is 0 Å². The lowest BCUT2D eigenvalue weighted by atomic mass is 9.95. The predicted octanol–water partition coefficient (Wildman–Crippen LogP) is 2.67. The first-order chi connectivity index (χ1) is 5.68. The van der Waals surface area contributed by atoms with Crippen LogP contribution in [-0.4, -0.2) is 12.2 Å². The average molecular weight is 172 g/mol. The Balaban J connectivity index is 2.69. The molecular formula is C9H10F2O. The first kappa shape index (κ1) is 9.13. The summed E-state index contributed by atoms with van der Waals surface area (Å²) in [5.41, 5.74) is -1.01. The van der Waals surface area contributed by atoms with Crippen molar-refractivity contribution >= 4 is 0 Å². The number of alkyl halides is 2. The van der Waals surface area contributed by atoms with Crippen molar-refractivity contribution in [2.45, 2.75) is 18.6 Å². The van der Waals surface area contributed by atoms with Gasteiger partial charge >= 0.3 is 6.61 Å². The number of hydrogen-bond donors (Lipinski definition) is 0. The van der Waals surface area contributed by atoms with Crippen molar-refractivity contribution in [3.63, 3.8) is 0 Å². The van der Waals surface area contributed by atoms with E-state index < -0.39 is 12.2 Å². The fraction of sp³-hybridized carbons (Fsp3) is 0.333. The molecule has 3 heteroatoms. The second-order valence-corrected chi connectivity index (χ2v) is 2.53. The van der Waals surface area contributed by atoms with Gasteiger partial charge in [-0.1, -0.05) is 30.9 Å². The van der Waals surface area contributed by atoms with E-state index in [2.05, 4.69) is 11.3 Å². The minimum Gasteiger partial charge on any atom is -0.307 e. The van der Waals surface area contributed by atoms with E-state index in [1.54, 1.807) is 24.3 Å². The summed E-state index contributed by atoms with van der Waals surface area (Å²) in [6, 6.07) is 0. The molecule has 1 aliphatic rings. The van der Waals surface area contributed by atoms with Gasteiger partial charge in [-0.15, -0.1) is 0 Å². The highest BCUT2D eigenvalue weighted by Crippen LogP contribution is 2.25. The molecule has 1 atom stereocenters. The molecule has 0 aromatic rings. The molecule has 0 spiro atoms. The zero-order valence-corrected chi connectivity index (χ0v) is 6.54. The summed E-state index contributed by atoms with van der Waals surface area (Å²) < 4.78 is 28.3. The summed E-state index contributed by atoms with van der Waals surface area (Å²) in [5.74, 6) is 0. The van der Waals surface area contributed by atoms with Crippen molar-refractivity contribution < 1.29 is 13.5 Å². The molecule has 1 aliphatic carbocycles. The standard InChI is InChI=1S/C9H10F2O/c1-2-9(12-8(10)11)6-4-3-5-7-9/h2-6,8H,1,7H2. The fourth-order valence-electron chi connectivity index (χ4n) is 1.07. The van der Waals surface area contributed by atoms with Gasteiger partial charge in [-0.2, -0.15) is 8.78 Å². The van der Waals surface area contributed by atoms with Crippen LogP contribution in [0, 0.1) is 0 Å². The molecule has 0 fully saturated rings. The van der Waals surface area contributed by atoms with Gasteiger partial charge in [-0.3, -0.25) is 0 Å². The molecule has 1 nitrogen and oxygen atoms in total. The maximum absolute atomic E-state index is 11.9. The van der Waals surface area contributed by atoms with Crippen molar-refractivity contribution in [3.05, 3.63) is 37.0 Å². The Morgan fingerprint density at radius 3 is 2.67 bits per heavy atom. The van der Waals surface area contributed by atoms with E-state index in [-0.39, 0.29) is 0 Å². The number of halogens is 2. The lowest BCUT2D eigenvalue weighted by Crippen LogP contribution is -2.30. The zero-order valence-electron chi connectivity index (χ0n) is 6.54. The fourth-order valence-corrected chi connectivity index (χ4v) is 1.07. The molecule has 12 heavy (non-hydrogen) atoms. The molecule has 1 rings (SSSR count). The van der Waals surface area contributed by atoms with Gasteiger partial charge in [0.05, 0.1) is 0 Å². The van der Waals surface area contributed by atoms with E-state index in [0.717, 1.165) is 0 Å². The van der Waals surface area contributed by atoms with Gasteiger partial charge in [-0.05, 0) is 6.08 Å². The third-order valence-corrected chi connectivity index (χ3v) is 1.72. The first-order valence-corrected chi connectivity index (χ1v) is 3.62. The molecule has 66 valence electrons. The Kier molecular flexibility index (Phi) is 2.76. The molecule has 0 amide bonds. The van der Waals surface area contributed by atoms with Gasteiger partial charge in [0.15, 0.2) is 0 Å². The van der Waals surface area contributed by atoms with Crippen LogP contribution < -0.4 is 0 Å². The molecule has 0 heterocycles. The van der Waals surface area contributed by atoms with E-state index >= 15 is 0 Å². The van der Waals surface area contributed by atoms with Gasteiger partial charge < -0.3 is 4.74 Å². The minimum atomic E-state index is -2.76. The molecule has 0 aromatic heterocycles. The highest BCUT2D eigenvalue weighted by atomic mass is 19.3. The third-order valence-electron chi connectivity index (χ3n) is 1.72. The first-order valence-electron chi connectivity index (χ1n) is 3.62. The molecule has 0 saturated carbocycles. The molecule has 0 aliphatic heterocycles. The van der Waals surface area contributed by atoms with Gasteiger partial charge in [0.2, 0.25) is 0 Å². The van der Waals surface area contributed by atoms with Crippen LogP contribution in [0.15, 0.2) is 37.0 Å². The van der Waals surface area contributed by atoms with Crippen LogP contribution in [0.25, 0.3) is 0 Å². The van der Waals surface area contributed by atoms with Gasteiger partial charge in [-0.25, -0.2) is 0 Å². The van der Waals surface area contributed by atoms with E-state index in [1.165, 1.54) is 6.08 Å². The van der Waals surface area contributed by atoms with Crippen LogP contribution in [0.3, 0.4) is 0 Å². The molecule has 1 unspecified atom stereocenters. The molecular weight excluding hydrogens is 162 g/mol. The van der Waals surface area contributed by atoms with Crippen molar-refractivity contribution in [1.82, 2.24) is 0 Å². The van der Waals surface area contributed by atoms with E-state index in [9.17, 15) is 8.78 Å². The lowest BCUT2D eigenvalue weighted by Gasteiger charge is -2.26. The number of ether oxygens (including phenoxy) is 1. The molecule has 0 saturated heterocycles. The smallest absolute Gasteiger partial charge is 0.307 e. The summed E-state index contributed by atoms with van der Waals surface area (Å²) in [4.78, 5) is 0. The zero-order chi connectivity index (χ0) is 9.03. The Morgan fingerprint density at radius 2 is 2.25 bits per heavy atom. The third kappa shape index (κ3) is 2.01. The van der Waals surface area contributed by atoms with Crippen LogP contribution in [0.5, 0.6) is 0 Å². The van der Waals surface area contributed by atoms with Crippen LogP contribution in [0.2, 0.25) is 0 Å². The average Bonchev–Trinajstić information content (AvgIpc) is 2.05. The van der Waals surface area contributed by atoms with Crippen LogP contribution >= 0.6 is 0 Å². The highest BCUT2D eigenvalue weighted by molar-refractivity contribution is 5.24. The van der Waals surface area contributed by atoms with Gasteiger partial charge in [0.25, 0.3) is 0 Å². The largest absolute Gasteiger partial charge is 0.346 e. The summed E-state index contributed by atoms with van der Waals surface area (Å²) in [6.45, 7) is 0.701. The number of rotatable bonds is 3. The lowest BCUT2D eigenvalue weighted by molar-refractivity contribution is -0.174. The Bertz CT molecular complexity index is 221. The van der Waals surface area contributed by atoms with E-state index in [1.807, 2.05) is 0 Å². The number of allylic oxidation sites excluding steroid dienone is 2. The predicted molar refractivity (Wildman–Crippen MR) is 42.9 cm³/mol. The molecule has 0 radical (unpaired) electrons. The SMILES string of the molecule is C=CC1(OC(F)F)C=CC=CC1. The second-order valence-electron chi connectivity index (χ2n) is 2.53. The topological polar surface area (TPSA) is 9.23 Å². The van der Waals surface area contributed by atoms with Crippen molar-refractivity contribution in [2.75, 3.05) is 0 Å². The van der Waals surface area contributed by atoms with E-state index in [0.29, 0.717) is 6.42 Å². The maximum atomic E-state index is 11.9. The second kappa shape index (κ2) is 3.63. The maximum Gasteiger partial charge on any atom is 0.346 e. The Labute approximate surface area is 70.0 Å². The van der Waals surface area contributed by atoms with Gasteiger partial charge in [0.1, 0.15) is 5.60 Å². The van der Waals surface area contributed by atoms with E-state index in [4.69, 9.17) is 0 Å². The van der Waals surface area contributed by atoms with Crippen LogP contribution in [0.1, 0.15) is 6.42 Å². The van der Waals surface area contributed by atoms with Crippen LogP contribution in [0.4, 0.5) is 8.78 Å². The highest BCUT2D eigenvalue weighted by Gasteiger charge is 2.27. The monoisotopic (exact) mass is 172 g/mol. The molecule has 0 bridgehead atoms. The van der Waals surface area contributed by atoms with Crippen molar-refractivity contribution in [2.24, 2.45) is 0 Å². The summed E-state index contributed by atoms with van der Waals surface area (Å²) in [7, 11) is 0. The number of hydrogen-bond acceptors (Lipinski definition) is 1. The Hall–Kier alpha value is -0.960. The normalized spacial score (nSPS) is 27.9. The molecule has 0 aromatic carbocycles.